The van der Waals surface area contributed by atoms with Crippen molar-refractivity contribution in [2.75, 3.05) is 6.26 Å². The molecule has 0 bridgehead atoms. The Bertz CT molecular complexity index is 262. The Hall–Kier alpha value is -1.14. The number of nitrogens with zero attached hydrogens (tertiary/aromatic N) is 2. The van der Waals surface area contributed by atoms with E-state index in [9.17, 15) is 4.79 Å². The minimum absolute atomic E-state index is 0. The van der Waals surface area contributed by atoms with E-state index in [0.717, 1.165) is 0 Å². The number of rotatable bonds is 2. The Balaban J connectivity index is 0.00000121. The van der Waals surface area contributed by atoms with Gasteiger partial charge < -0.3 is 11.3 Å². The van der Waals surface area contributed by atoms with Crippen LogP contribution in [0.25, 0.3) is 0 Å². The number of aromatic carboxylic acids is 1. The van der Waals surface area contributed by atoms with Crippen molar-refractivity contribution in [1.29, 1.82) is 0 Å². The summed E-state index contributed by atoms with van der Waals surface area (Å²) in [5, 5.41) is 9.04. The quantitative estimate of drug-likeness (QED) is 0.530. The van der Waals surface area contributed by atoms with E-state index in [1.807, 2.05) is 6.26 Å². The van der Waals surface area contributed by atoms with Gasteiger partial charge in [0.05, 0.1) is 5.56 Å². The molecule has 1 heterocycles. The molecule has 0 fully saturated rings. The molecule has 0 spiro atoms. The average Bonchev–Trinajstić information content (AvgIpc) is 2.05. The largest absolute Gasteiger partial charge is 0.478 e. The fraction of sp³-hybridized carbons (Fsp3) is 0.167. The molecule has 12 heavy (non-hydrogen) atoms. The predicted molar refractivity (Wildman–Crippen MR) is 45.8 cm³/mol. The lowest BCUT2D eigenvalue weighted by Gasteiger charge is -1.93. The highest BCUT2D eigenvalue weighted by molar-refractivity contribution is 7.98. The number of carboxylic acids is 1. The van der Waals surface area contributed by atoms with Crippen molar-refractivity contribution in [2.24, 2.45) is 0 Å². The third-order valence-corrected chi connectivity index (χ3v) is 1.63. The molecule has 0 aliphatic heterocycles. The third kappa shape index (κ3) is 2.48. The SMILES string of the molecule is CSc1ncc(C(=O)O)cn1.N. The van der Waals surface area contributed by atoms with Crippen LogP contribution in [0, 0.1) is 0 Å². The van der Waals surface area contributed by atoms with Crippen molar-refractivity contribution in [3.8, 4) is 0 Å². The zero-order valence-electron chi connectivity index (χ0n) is 6.52. The molecule has 0 saturated carbocycles. The van der Waals surface area contributed by atoms with Crippen molar-refractivity contribution in [3.63, 3.8) is 0 Å². The fourth-order valence-electron chi connectivity index (χ4n) is 0.532. The topological polar surface area (TPSA) is 98.1 Å². The molecular weight excluding hydrogens is 178 g/mol. The van der Waals surface area contributed by atoms with Crippen LogP contribution < -0.4 is 6.15 Å². The van der Waals surface area contributed by atoms with Crippen LogP contribution >= 0.6 is 11.8 Å². The first-order chi connectivity index (χ1) is 5.24. The molecule has 0 aliphatic carbocycles. The number of carboxylic acid groups (broad SMARTS) is 1. The second kappa shape index (κ2) is 4.68. The summed E-state index contributed by atoms with van der Waals surface area (Å²) < 4.78 is 0. The molecule has 0 aliphatic rings. The maximum atomic E-state index is 10.3. The normalized spacial score (nSPS) is 8.75. The summed E-state index contributed by atoms with van der Waals surface area (Å²) in [7, 11) is 0. The fourth-order valence-corrected chi connectivity index (χ4v) is 0.848. The Morgan fingerprint density at radius 2 is 2.00 bits per heavy atom. The summed E-state index contributed by atoms with van der Waals surface area (Å²) in [4.78, 5) is 17.9. The van der Waals surface area contributed by atoms with Gasteiger partial charge in [0, 0.05) is 12.4 Å². The van der Waals surface area contributed by atoms with Gasteiger partial charge in [-0.25, -0.2) is 14.8 Å². The maximum absolute atomic E-state index is 10.3. The van der Waals surface area contributed by atoms with E-state index in [0.29, 0.717) is 5.16 Å². The van der Waals surface area contributed by atoms with Crippen LogP contribution in [0.1, 0.15) is 10.4 Å². The molecular formula is C6H9N3O2S. The number of hydrogen-bond acceptors (Lipinski definition) is 5. The molecule has 0 unspecified atom stereocenters. The van der Waals surface area contributed by atoms with Crippen LogP contribution in [0.4, 0.5) is 0 Å². The van der Waals surface area contributed by atoms with E-state index < -0.39 is 5.97 Å². The zero-order chi connectivity index (χ0) is 8.27. The molecule has 1 rings (SSSR count). The highest BCUT2D eigenvalue weighted by Crippen LogP contribution is 2.06. The van der Waals surface area contributed by atoms with Crippen molar-refractivity contribution in [3.05, 3.63) is 18.0 Å². The summed E-state index contributed by atoms with van der Waals surface area (Å²) in [6.45, 7) is 0. The molecule has 5 nitrogen and oxygen atoms in total. The first-order valence-corrected chi connectivity index (χ1v) is 4.06. The highest BCUT2D eigenvalue weighted by Gasteiger charge is 2.02. The summed E-state index contributed by atoms with van der Waals surface area (Å²) in [5.41, 5.74) is 0.114. The van der Waals surface area contributed by atoms with Crippen LogP contribution in [0.3, 0.4) is 0 Å². The minimum atomic E-state index is -1.00. The summed E-state index contributed by atoms with van der Waals surface area (Å²) in [6, 6.07) is 0. The number of carbonyl (C=O) groups is 1. The van der Waals surface area contributed by atoms with Crippen LogP contribution in [-0.2, 0) is 0 Å². The lowest BCUT2D eigenvalue weighted by atomic mass is 10.4. The van der Waals surface area contributed by atoms with Gasteiger partial charge in [0.2, 0.25) is 0 Å². The summed E-state index contributed by atoms with van der Waals surface area (Å²) in [6.07, 6.45) is 4.41. The third-order valence-electron chi connectivity index (χ3n) is 1.06. The molecule has 66 valence electrons. The Labute approximate surface area is 73.8 Å². The zero-order valence-corrected chi connectivity index (χ0v) is 7.34. The van der Waals surface area contributed by atoms with Gasteiger partial charge in [0.15, 0.2) is 5.16 Å². The van der Waals surface area contributed by atoms with Crippen molar-refractivity contribution < 1.29 is 9.90 Å². The first kappa shape index (κ1) is 10.9. The molecule has 6 heteroatoms. The Morgan fingerprint density at radius 3 is 2.33 bits per heavy atom. The van der Waals surface area contributed by atoms with E-state index in [1.165, 1.54) is 24.2 Å². The van der Waals surface area contributed by atoms with Gasteiger partial charge >= 0.3 is 5.97 Å². The highest BCUT2D eigenvalue weighted by atomic mass is 32.2. The van der Waals surface area contributed by atoms with E-state index in [1.54, 1.807) is 0 Å². The summed E-state index contributed by atoms with van der Waals surface area (Å²) in [5.74, 6) is -1.00. The number of aromatic nitrogens is 2. The van der Waals surface area contributed by atoms with E-state index in [-0.39, 0.29) is 11.7 Å². The monoisotopic (exact) mass is 187 g/mol. The van der Waals surface area contributed by atoms with Gasteiger partial charge in [-0.1, -0.05) is 11.8 Å². The van der Waals surface area contributed by atoms with Crippen LogP contribution in [0.15, 0.2) is 17.6 Å². The van der Waals surface area contributed by atoms with Gasteiger partial charge in [-0.15, -0.1) is 0 Å². The Kier molecular flexibility index (Phi) is 4.24. The van der Waals surface area contributed by atoms with Gasteiger partial charge in [-0.05, 0) is 6.26 Å². The van der Waals surface area contributed by atoms with E-state index in [4.69, 9.17) is 5.11 Å². The predicted octanol–water partition coefficient (Wildman–Crippen LogP) is 1.06. The standard InChI is InChI=1S/C6H6N2O2S.H3N/c1-11-6-7-2-4(3-8-6)5(9)10;/h2-3H,1H3,(H,9,10);1H3. The molecule has 1 aromatic rings. The van der Waals surface area contributed by atoms with Gasteiger partial charge in [0.1, 0.15) is 0 Å². The maximum Gasteiger partial charge on any atom is 0.338 e. The second-order valence-electron chi connectivity index (χ2n) is 1.76. The van der Waals surface area contributed by atoms with Gasteiger partial charge in [0.25, 0.3) is 0 Å². The Morgan fingerprint density at radius 1 is 1.50 bits per heavy atom. The smallest absolute Gasteiger partial charge is 0.338 e. The summed E-state index contributed by atoms with van der Waals surface area (Å²) >= 11 is 1.37. The molecule has 0 saturated heterocycles. The molecule has 0 atom stereocenters. The van der Waals surface area contributed by atoms with Crippen LogP contribution in [0.2, 0.25) is 0 Å². The number of thioether (sulfide) groups is 1. The van der Waals surface area contributed by atoms with Crippen molar-refractivity contribution in [1.82, 2.24) is 16.1 Å². The van der Waals surface area contributed by atoms with E-state index >= 15 is 0 Å². The minimum Gasteiger partial charge on any atom is -0.478 e. The first-order valence-electron chi connectivity index (χ1n) is 2.83. The molecule has 0 amide bonds. The van der Waals surface area contributed by atoms with Crippen LogP contribution in [-0.4, -0.2) is 27.3 Å². The molecule has 0 aromatic carbocycles. The van der Waals surface area contributed by atoms with Crippen molar-refractivity contribution >= 4 is 17.7 Å². The van der Waals surface area contributed by atoms with Crippen molar-refractivity contribution in [2.45, 2.75) is 5.16 Å². The molecule has 0 radical (unpaired) electrons. The molecule has 1 aromatic heterocycles. The average molecular weight is 187 g/mol. The lowest BCUT2D eigenvalue weighted by Crippen LogP contribution is -1.98. The molecule has 4 N–H and O–H groups in total. The van der Waals surface area contributed by atoms with Gasteiger partial charge in [-0.2, -0.15) is 0 Å². The second-order valence-corrected chi connectivity index (χ2v) is 2.54. The number of hydrogen-bond donors (Lipinski definition) is 2. The lowest BCUT2D eigenvalue weighted by molar-refractivity contribution is 0.0695. The van der Waals surface area contributed by atoms with E-state index in [2.05, 4.69) is 9.97 Å². The van der Waals surface area contributed by atoms with Crippen LogP contribution in [0.5, 0.6) is 0 Å². The van der Waals surface area contributed by atoms with Gasteiger partial charge in [-0.3, -0.25) is 0 Å².